The van der Waals surface area contributed by atoms with Crippen LogP contribution in [0.25, 0.3) is 0 Å². The molecule has 8 heteroatoms. The molecule has 2 fully saturated rings. The largest absolute Gasteiger partial charge is 0.355 e. The summed E-state index contributed by atoms with van der Waals surface area (Å²) in [7, 11) is 0. The first-order valence-electron chi connectivity index (χ1n) is 9.84. The number of nitrogens with zero attached hydrogens (tertiary/aromatic N) is 3. The Kier molecular flexibility index (Phi) is 6.97. The van der Waals surface area contributed by atoms with Gasteiger partial charge in [-0.25, -0.2) is 4.39 Å². The van der Waals surface area contributed by atoms with Gasteiger partial charge in [0.2, 0.25) is 11.8 Å². The van der Waals surface area contributed by atoms with Crippen LogP contribution in [0.4, 0.5) is 4.39 Å². The summed E-state index contributed by atoms with van der Waals surface area (Å²) in [5.74, 6) is -0.301. The van der Waals surface area contributed by atoms with Gasteiger partial charge in [-0.15, -0.1) is 0 Å². The number of piperazine rings is 1. The van der Waals surface area contributed by atoms with Crippen LogP contribution in [0.1, 0.15) is 29.6 Å². The topological polar surface area (TPSA) is 73.0 Å². The predicted octanol–water partition coefficient (Wildman–Crippen LogP) is 0.712. The SMILES string of the molecule is O=C(CN1CCN(C(=O)c2ccc(F)cc2)CC1)NCCCN1CCCC1=O. The molecule has 2 aliphatic rings. The van der Waals surface area contributed by atoms with Crippen LogP contribution >= 0.6 is 0 Å². The van der Waals surface area contributed by atoms with Gasteiger partial charge in [0.1, 0.15) is 5.82 Å². The fraction of sp³-hybridized carbons (Fsp3) is 0.550. The molecule has 0 unspecified atom stereocenters. The van der Waals surface area contributed by atoms with Gasteiger partial charge in [-0.3, -0.25) is 19.3 Å². The van der Waals surface area contributed by atoms with Crippen LogP contribution in [-0.4, -0.2) is 84.8 Å². The summed E-state index contributed by atoms with van der Waals surface area (Å²) in [5.41, 5.74) is 0.476. The standard InChI is InChI=1S/C20H27FN4O3/c21-17-6-4-16(5-7-17)20(28)25-13-11-23(12-14-25)15-18(26)22-8-2-10-24-9-1-3-19(24)27/h4-7H,1-3,8-15H2,(H,22,26). The van der Waals surface area contributed by atoms with Crippen molar-refractivity contribution in [2.24, 2.45) is 0 Å². The van der Waals surface area contributed by atoms with Crippen molar-refractivity contribution in [3.8, 4) is 0 Å². The Labute approximate surface area is 164 Å². The number of hydrogen-bond acceptors (Lipinski definition) is 4. The zero-order chi connectivity index (χ0) is 19.9. The van der Waals surface area contributed by atoms with Crippen LogP contribution in [0.3, 0.4) is 0 Å². The molecule has 3 amide bonds. The molecule has 1 aromatic carbocycles. The van der Waals surface area contributed by atoms with E-state index in [0.29, 0.717) is 57.8 Å². The van der Waals surface area contributed by atoms with E-state index in [9.17, 15) is 18.8 Å². The van der Waals surface area contributed by atoms with Crippen LogP contribution in [0.15, 0.2) is 24.3 Å². The van der Waals surface area contributed by atoms with E-state index >= 15 is 0 Å². The number of nitrogens with one attached hydrogen (secondary N) is 1. The lowest BCUT2D eigenvalue weighted by Crippen LogP contribution is -2.51. The molecule has 0 atom stereocenters. The zero-order valence-electron chi connectivity index (χ0n) is 16.0. The summed E-state index contributed by atoms with van der Waals surface area (Å²) in [6.07, 6.45) is 2.33. The van der Waals surface area contributed by atoms with Crippen LogP contribution in [0.5, 0.6) is 0 Å². The van der Waals surface area contributed by atoms with Gasteiger partial charge in [-0.2, -0.15) is 0 Å². The molecule has 0 aliphatic carbocycles. The van der Waals surface area contributed by atoms with Gasteiger partial charge in [0.15, 0.2) is 0 Å². The van der Waals surface area contributed by atoms with Crippen molar-refractivity contribution in [3.63, 3.8) is 0 Å². The Balaban J connectivity index is 1.32. The molecule has 1 N–H and O–H groups in total. The van der Waals surface area contributed by atoms with Gasteiger partial charge in [0.25, 0.3) is 5.91 Å². The Hall–Kier alpha value is -2.48. The van der Waals surface area contributed by atoms with Gasteiger partial charge in [0, 0.05) is 57.8 Å². The third kappa shape index (κ3) is 5.51. The highest BCUT2D eigenvalue weighted by Crippen LogP contribution is 2.10. The number of halogens is 1. The quantitative estimate of drug-likeness (QED) is 0.696. The van der Waals surface area contributed by atoms with Crippen molar-refractivity contribution in [2.75, 3.05) is 52.4 Å². The molecular formula is C20H27FN4O3. The smallest absolute Gasteiger partial charge is 0.253 e. The molecule has 0 aromatic heterocycles. The van der Waals surface area contributed by atoms with Gasteiger partial charge in [-0.05, 0) is 37.1 Å². The molecule has 2 aliphatic heterocycles. The molecule has 2 heterocycles. The second-order valence-corrected chi connectivity index (χ2v) is 7.26. The van der Waals surface area contributed by atoms with E-state index in [-0.39, 0.29) is 23.5 Å². The second kappa shape index (κ2) is 9.64. The first-order valence-corrected chi connectivity index (χ1v) is 9.84. The lowest BCUT2D eigenvalue weighted by atomic mass is 10.2. The summed E-state index contributed by atoms with van der Waals surface area (Å²) >= 11 is 0. The highest BCUT2D eigenvalue weighted by molar-refractivity contribution is 5.94. The molecule has 28 heavy (non-hydrogen) atoms. The van der Waals surface area contributed by atoms with E-state index in [2.05, 4.69) is 5.32 Å². The monoisotopic (exact) mass is 390 g/mol. The average Bonchev–Trinajstić information content (AvgIpc) is 3.11. The molecule has 0 radical (unpaired) electrons. The summed E-state index contributed by atoms with van der Waals surface area (Å²) < 4.78 is 13.0. The number of benzene rings is 1. The molecular weight excluding hydrogens is 363 g/mol. The third-order valence-corrected chi connectivity index (χ3v) is 5.22. The molecule has 1 aromatic rings. The second-order valence-electron chi connectivity index (χ2n) is 7.26. The number of rotatable bonds is 7. The molecule has 2 saturated heterocycles. The maximum atomic E-state index is 13.0. The highest BCUT2D eigenvalue weighted by atomic mass is 19.1. The summed E-state index contributed by atoms with van der Waals surface area (Å²) in [4.78, 5) is 41.7. The lowest BCUT2D eigenvalue weighted by Gasteiger charge is -2.34. The van der Waals surface area contributed by atoms with E-state index in [4.69, 9.17) is 0 Å². The number of amides is 3. The average molecular weight is 390 g/mol. The van der Waals surface area contributed by atoms with E-state index in [1.807, 2.05) is 9.80 Å². The van der Waals surface area contributed by atoms with E-state index < -0.39 is 0 Å². The van der Waals surface area contributed by atoms with Crippen molar-refractivity contribution in [3.05, 3.63) is 35.6 Å². The Morgan fingerprint density at radius 2 is 1.75 bits per heavy atom. The fourth-order valence-electron chi connectivity index (χ4n) is 3.58. The third-order valence-electron chi connectivity index (χ3n) is 5.22. The normalized spacial score (nSPS) is 17.8. The Morgan fingerprint density at radius 1 is 1.04 bits per heavy atom. The van der Waals surface area contributed by atoms with Crippen LogP contribution in [-0.2, 0) is 9.59 Å². The summed E-state index contributed by atoms with van der Waals surface area (Å²) in [6.45, 7) is 4.73. The van der Waals surface area contributed by atoms with E-state index in [1.165, 1.54) is 24.3 Å². The van der Waals surface area contributed by atoms with Crippen molar-refractivity contribution in [1.82, 2.24) is 20.0 Å². The minimum atomic E-state index is -0.362. The number of carbonyl (C=O) groups excluding carboxylic acids is 3. The summed E-state index contributed by atoms with van der Waals surface area (Å²) in [5, 5.41) is 2.90. The molecule has 152 valence electrons. The molecule has 7 nitrogen and oxygen atoms in total. The number of hydrogen-bond donors (Lipinski definition) is 1. The van der Waals surface area contributed by atoms with Gasteiger partial charge in [0.05, 0.1) is 6.54 Å². The van der Waals surface area contributed by atoms with Crippen LogP contribution in [0.2, 0.25) is 0 Å². The van der Waals surface area contributed by atoms with Crippen LogP contribution in [0, 0.1) is 5.82 Å². The minimum Gasteiger partial charge on any atom is -0.355 e. The zero-order valence-corrected chi connectivity index (χ0v) is 16.0. The van der Waals surface area contributed by atoms with Crippen LogP contribution < -0.4 is 5.32 Å². The molecule has 0 bridgehead atoms. The van der Waals surface area contributed by atoms with Gasteiger partial charge < -0.3 is 15.1 Å². The van der Waals surface area contributed by atoms with Crippen molar-refractivity contribution in [1.29, 1.82) is 0 Å². The highest BCUT2D eigenvalue weighted by Gasteiger charge is 2.23. The number of likely N-dealkylation sites (tertiary alicyclic amines) is 1. The van der Waals surface area contributed by atoms with Gasteiger partial charge in [-0.1, -0.05) is 0 Å². The Morgan fingerprint density at radius 3 is 2.39 bits per heavy atom. The molecule has 0 spiro atoms. The lowest BCUT2D eigenvalue weighted by molar-refractivity contribution is -0.127. The van der Waals surface area contributed by atoms with Gasteiger partial charge >= 0.3 is 0 Å². The molecule has 0 saturated carbocycles. The molecule has 3 rings (SSSR count). The van der Waals surface area contributed by atoms with E-state index in [1.54, 1.807) is 4.90 Å². The first-order chi connectivity index (χ1) is 13.5. The predicted molar refractivity (Wildman–Crippen MR) is 102 cm³/mol. The Bertz CT molecular complexity index is 702. The maximum absolute atomic E-state index is 13.0. The van der Waals surface area contributed by atoms with E-state index in [0.717, 1.165) is 19.4 Å². The van der Waals surface area contributed by atoms with Crippen molar-refractivity contribution in [2.45, 2.75) is 19.3 Å². The van der Waals surface area contributed by atoms with Crippen molar-refractivity contribution >= 4 is 17.7 Å². The number of carbonyl (C=O) groups is 3. The fourth-order valence-corrected chi connectivity index (χ4v) is 3.58. The first kappa shape index (κ1) is 20.3. The minimum absolute atomic E-state index is 0.0361. The maximum Gasteiger partial charge on any atom is 0.253 e. The summed E-state index contributed by atoms with van der Waals surface area (Å²) in [6, 6.07) is 5.56. The van der Waals surface area contributed by atoms with Crippen molar-refractivity contribution < 1.29 is 18.8 Å².